The van der Waals surface area contributed by atoms with Gasteiger partial charge in [0.25, 0.3) is 0 Å². The number of benzene rings is 1. The second-order valence-electron chi connectivity index (χ2n) is 2.89. The lowest BCUT2D eigenvalue weighted by molar-refractivity contribution is 0.290. The van der Waals surface area contributed by atoms with Gasteiger partial charge in [-0.05, 0) is 25.1 Å². The molecule has 0 heterocycles. The van der Waals surface area contributed by atoms with Gasteiger partial charge in [-0.15, -0.1) is 0 Å². The molecule has 0 unspecified atom stereocenters. The van der Waals surface area contributed by atoms with E-state index in [1.807, 2.05) is 26.0 Å². The molecule has 0 saturated carbocycles. The molecule has 0 atom stereocenters. The number of hydrogen-bond donors (Lipinski definition) is 0. The summed E-state index contributed by atoms with van der Waals surface area (Å²) in [5.74, 6) is 1.50. The molecule has 78 valence electrons. The zero-order valence-electron chi connectivity index (χ0n) is 8.76. The van der Waals surface area contributed by atoms with E-state index in [0.717, 1.165) is 16.0 Å². The summed E-state index contributed by atoms with van der Waals surface area (Å²) in [6, 6.07) is 3.85. The van der Waals surface area contributed by atoms with Gasteiger partial charge < -0.3 is 9.47 Å². The summed E-state index contributed by atoms with van der Waals surface area (Å²) in [5.41, 5.74) is 0. The Morgan fingerprint density at radius 3 is 2.29 bits per heavy atom. The van der Waals surface area contributed by atoms with Crippen LogP contribution in [-0.2, 0) is 0 Å². The highest BCUT2D eigenvalue weighted by Crippen LogP contribution is 2.33. The lowest BCUT2D eigenvalue weighted by Gasteiger charge is -2.14. The summed E-state index contributed by atoms with van der Waals surface area (Å²) in [6.07, 6.45) is 0. The van der Waals surface area contributed by atoms with E-state index in [9.17, 15) is 0 Å². The van der Waals surface area contributed by atoms with Crippen LogP contribution in [0.3, 0.4) is 0 Å². The average molecular weight is 231 g/mol. The summed E-state index contributed by atoms with van der Waals surface area (Å²) < 4.78 is 11.0. The number of rotatable bonds is 4. The third kappa shape index (κ3) is 2.42. The lowest BCUT2D eigenvalue weighted by atomic mass is 10.3. The largest absolute Gasteiger partial charge is 0.490 e. The molecule has 0 aliphatic carbocycles. The molecule has 0 aliphatic rings. The maximum Gasteiger partial charge on any atom is 0.179 e. The molecule has 2 nitrogen and oxygen atoms in total. The van der Waals surface area contributed by atoms with Crippen LogP contribution in [0.5, 0.6) is 11.5 Å². The van der Waals surface area contributed by atoms with Crippen molar-refractivity contribution in [1.82, 2.24) is 0 Å². The van der Waals surface area contributed by atoms with Crippen LogP contribution < -0.4 is 14.7 Å². The molecule has 0 spiro atoms. The zero-order valence-corrected chi connectivity index (χ0v) is 11.5. The molecule has 1 aromatic rings. The van der Waals surface area contributed by atoms with E-state index < -0.39 is 0 Å². The first-order valence-corrected chi connectivity index (χ1v) is 6.13. The minimum Gasteiger partial charge on any atom is -0.490 e. The van der Waals surface area contributed by atoms with Gasteiger partial charge in [-0.25, -0.2) is 0 Å². The first-order valence-electron chi connectivity index (χ1n) is 4.75. The van der Waals surface area contributed by atoms with Gasteiger partial charge in [0.05, 0.1) is 18.2 Å². The third-order valence-corrected chi connectivity index (χ3v) is 2.92. The van der Waals surface area contributed by atoms with Gasteiger partial charge in [0.15, 0.2) is 11.5 Å². The van der Waals surface area contributed by atoms with Crippen LogP contribution in [-0.4, -0.2) is 23.5 Å². The Hall–Kier alpha value is -0.673. The average Bonchev–Trinajstić information content (AvgIpc) is 2.17. The summed E-state index contributed by atoms with van der Waals surface area (Å²) in [7, 11) is 0.930. The van der Waals surface area contributed by atoms with Crippen molar-refractivity contribution in [2.45, 2.75) is 13.8 Å². The number of hydrogen-bond acceptors (Lipinski definition) is 2. The molecular weight excluding hydrogens is 216 g/mol. The van der Waals surface area contributed by atoms with Crippen LogP contribution in [0.4, 0.5) is 0 Å². The van der Waals surface area contributed by atoms with E-state index in [2.05, 4.69) is 0 Å². The Balaban J connectivity index is 3.12. The number of halogens is 1. The monoisotopic (exact) mass is 230 g/mol. The maximum absolute atomic E-state index is 6.03. The summed E-state index contributed by atoms with van der Waals surface area (Å²) in [6.45, 7) is 5.13. The summed E-state index contributed by atoms with van der Waals surface area (Å²) in [4.78, 5) is 0. The molecule has 1 aromatic carbocycles. The van der Waals surface area contributed by atoms with Crippen LogP contribution in [0.15, 0.2) is 12.1 Å². The van der Waals surface area contributed by atoms with Gasteiger partial charge in [-0.2, -0.15) is 0 Å². The smallest absolute Gasteiger partial charge is 0.179 e. The molecule has 0 radical (unpaired) electrons. The highest BCUT2D eigenvalue weighted by atomic mass is 35.5. The molecule has 0 N–H and O–H groups in total. The van der Waals surface area contributed by atoms with Crippen molar-refractivity contribution in [2.24, 2.45) is 0 Å². The predicted molar refractivity (Wildman–Crippen MR) is 63.4 cm³/mol. The molecule has 0 saturated heterocycles. The highest BCUT2D eigenvalue weighted by molar-refractivity contribution is 6.37. The molecule has 0 fully saturated rings. The first-order chi connectivity index (χ1) is 6.70. The van der Waals surface area contributed by atoms with Crippen molar-refractivity contribution >= 4 is 27.0 Å². The van der Waals surface area contributed by atoms with Crippen molar-refractivity contribution < 1.29 is 9.47 Å². The van der Waals surface area contributed by atoms with E-state index in [1.54, 1.807) is 0 Å². The predicted octanol–water partition coefficient (Wildman–Crippen LogP) is 1.13. The van der Waals surface area contributed by atoms with E-state index in [0.29, 0.717) is 24.0 Å². The topological polar surface area (TPSA) is 18.5 Å². The normalized spacial score (nSPS) is 10.2. The SMILES string of the molecule is CCOc1c([SiH3])ccc(Cl)c1OCC. The van der Waals surface area contributed by atoms with Crippen LogP contribution >= 0.6 is 11.6 Å². The Bertz CT molecular complexity index is 284. The standard InChI is InChI=1S/C10H15ClO2Si/c1-3-12-9-7(11)5-6-8(14)10(9)13-4-2/h5-6H,3-4H2,1-2,14H3. The van der Waals surface area contributed by atoms with Gasteiger partial charge in [0.2, 0.25) is 0 Å². The third-order valence-electron chi connectivity index (χ3n) is 1.84. The molecule has 0 aliphatic heterocycles. The van der Waals surface area contributed by atoms with Gasteiger partial charge in [0, 0.05) is 10.2 Å². The lowest BCUT2D eigenvalue weighted by Crippen LogP contribution is -2.11. The second kappa shape index (κ2) is 5.27. The second-order valence-corrected chi connectivity index (χ2v) is 4.37. The molecule has 14 heavy (non-hydrogen) atoms. The van der Waals surface area contributed by atoms with Crippen molar-refractivity contribution in [2.75, 3.05) is 13.2 Å². The minimum atomic E-state index is 0.602. The first kappa shape index (κ1) is 11.4. The maximum atomic E-state index is 6.03. The van der Waals surface area contributed by atoms with Crippen LogP contribution in [0, 0.1) is 0 Å². The van der Waals surface area contributed by atoms with E-state index in [1.165, 1.54) is 5.19 Å². The molecule has 1 rings (SSSR count). The van der Waals surface area contributed by atoms with Crippen LogP contribution in [0.2, 0.25) is 5.02 Å². The summed E-state index contributed by atoms with van der Waals surface area (Å²) >= 11 is 6.03. The fourth-order valence-corrected chi connectivity index (χ4v) is 1.98. The van der Waals surface area contributed by atoms with Crippen LogP contribution in [0.1, 0.15) is 13.8 Å². The molecule has 0 aromatic heterocycles. The Labute approximate surface area is 92.6 Å². The molecular formula is C10H15ClO2Si. The highest BCUT2D eigenvalue weighted by Gasteiger charge is 2.11. The van der Waals surface area contributed by atoms with Crippen molar-refractivity contribution in [1.29, 1.82) is 0 Å². The van der Waals surface area contributed by atoms with Gasteiger partial charge >= 0.3 is 0 Å². The minimum absolute atomic E-state index is 0.602. The Morgan fingerprint density at radius 2 is 1.71 bits per heavy atom. The fraction of sp³-hybridized carbons (Fsp3) is 0.400. The Kier molecular flexibility index (Phi) is 4.29. The molecule has 4 heteroatoms. The van der Waals surface area contributed by atoms with Gasteiger partial charge in [0.1, 0.15) is 0 Å². The van der Waals surface area contributed by atoms with Crippen molar-refractivity contribution in [3.63, 3.8) is 0 Å². The van der Waals surface area contributed by atoms with Gasteiger partial charge in [-0.1, -0.05) is 17.7 Å². The van der Waals surface area contributed by atoms with Gasteiger partial charge in [-0.3, -0.25) is 0 Å². The molecule has 0 bridgehead atoms. The number of ether oxygens (including phenoxy) is 2. The Morgan fingerprint density at radius 1 is 1.14 bits per heavy atom. The van der Waals surface area contributed by atoms with E-state index in [-0.39, 0.29) is 0 Å². The fourth-order valence-electron chi connectivity index (χ4n) is 1.24. The van der Waals surface area contributed by atoms with Crippen molar-refractivity contribution in [3.05, 3.63) is 17.2 Å². The summed E-state index contributed by atoms with van der Waals surface area (Å²) in [5, 5.41) is 1.80. The zero-order chi connectivity index (χ0) is 10.6. The van der Waals surface area contributed by atoms with Crippen LogP contribution in [0.25, 0.3) is 0 Å². The van der Waals surface area contributed by atoms with E-state index >= 15 is 0 Å². The molecule has 0 amide bonds. The van der Waals surface area contributed by atoms with Crippen molar-refractivity contribution in [3.8, 4) is 11.5 Å². The quantitative estimate of drug-likeness (QED) is 0.722. The van der Waals surface area contributed by atoms with E-state index in [4.69, 9.17) is 21.1 Å².